The Bertz CT molecular complexity index is 310. The summed E-state index contributed by atoms with van der Waals surface area (Å²) in [7, 11) is 0. The van der Waals surface area contributed by atoms with Crippen LogP contribution in [0.15, 0.2) is 15.9 Å². The average molecular weight is 288 g/mol. The topological polar surface area (TPSA) is 3.24 Å². The van der Waals surface area contributed by atoms with Gasteiger partial charge >= 0.3 is 0 Å². The van der Waals surface area contributed by atoms with Crippen LogP contribution < -0.4 is 0 Å². The first-order valence-corrected chi connectivity index (χ1v) is 7.40. The first kappa shape index (κ1) is 11.6. The molecule has 1 atom stereocenters. The van der Waals surface area contributed by atoms with Crippen LogP contribution in [0.2, 0.25) is 0 Å². The van der Waals surface area contributed by atoms with Crippen LogP contribution in [0.4, 0.5) is 0 Å². The van der Waals surface area contributed by atoms with Gasteiger partial charge in [-0.2, -0.15) is 0 Å². The Hall–Kier alpha value is 0.140. The molecule has 2 heterocycles. The smallest absolute Gasteiger partial charge is 0.0331 e. The third kappa shape index (κ3) is 3.30. The van der Waals surface area contributed by atoms with Gasteiger partial charge in [0.15, 0.2) is 0 Å². The molecule has 0 aromatic carbocycles. The van der Waals surface area contributed by atoms with E-state index < -0.39 is 0 Å². The number of hydrogen-bond acceptors (Lipinski definition) is 2. The van der Waals surface area contributed by atoms with Crippen LogP contribution >= 0.6 is 27.3 Å². The van der Waals surface area contributed by atoms with Gasteiger partial charge in [-0.15, -0.1) is 11.3 Å². The summed E-state index contributed by atoms with van der Waals surface area (Å²) in [6.07, 6.45) is 5.56. The lowest BCUT2D eigenvalue weighted by Crippen LogP contribution is -2.31. The van der Waals surface area contributed by atoms with E-state index in [0.29, 0.717) is 0 Å². The Labute approximate surface area is 105 Å². The van der Waals surface area contributed by atoms with Crippen LogP contribution in [0, 0.1) is 0 Å². The molecule has 1 fully saturated rings. The molecule has 0 N–H and O–H groups in total. The van der Waals surface area contributed by atoms with E-state index in [1.807, 2.05) is 11.3 Å². The highest BCUT2D eigenvalue weighted by atomic mass is 79.9. The van der Waals surface area contributed by atoms with Gasteiger partial charge in [0.25, 0.3) is 0 Å². The van der Waals surface area contributed by atoms with Gasteiger partial charge in [-0.25, -0.2) is 0 Å². The van der Waals surface area contributed by atoms with Crippen LogP contribution in [0.3, 0.4) is 0 Å². The van der Waals surface area contributed by atoms with Crippen molar-refractivity contribution < 1.29 is 0 Å². The lowest BCUT2D eigenvalue weighted by molar-refractivity contribution is 0.206. The van der Waals surface area contributed by atoms with E-state index in [1.54, 1.807) is 0 Å². The lowest BCUT2D eigenvalue weighted by atomic mass is 10.1. The van der Waals surface area contributed by atoms with Crippen molar-refractivity contribution in [3.8, 4) is 0 Å². The lowest BCUT2D eigenvalue weighted by Gasteiger charge is -2.26. The van der Waals surface area contributed by atoms with Crippen molar-refractivity contribution in [1.82, 2.24) is 4.90 Å². The molecule has 1 aliphatic heterocycles. The summed E-state index contributed by atoms with van der Waals surface area (Å²) >= 11 is 5.38. The molecule has 1 unspecified atom stereocenters. The number of thiophene rings is 1. The Morgan fingerprint density at radius 2 is 2.33 bits per heavy atom. The molecule has 0 amide bonds. The maximum absolute atomic E-state index is 3.52. The van der Waals surface area contributed by atoms with Gasteiger partial charge in [-0.1, -0.05) is 12.8 Å². The van der Waals surface area contributed by atoms with Gasteiger partial charge in [0, 0.05) is 27.3 Å². The van der Waals surface area contributed by atoms with E-state index in [0.717, 1.165) is 12.6 Å². The van der Waals surface area contributed by atoms with Crippen LogP contribution in [-0.4, -0.2) is 17.5 Å². The Kier molecular flexibility index (Phi) is 4.23. The van der Waals surface area contributed by atoms with Crippen LogP contribution in [0.1, 0.15) is 37.5 Å². The van der Waals surface area contributed by atoms with Gasteiger partial charge in [0.05, 0.1) is 0 Å². The minimum absolute atomic E-state index is 0.758. The van der Waals surface area contributed by atoms with Gasteiger partial charge in [0.1, 0.15) is 0 Å². The predicted octanol–water partition coefficient (Wildman–Crippen LogP) is 4.28. The molecule has 1 aromatic rings. The van der Waals surface area contributed by atoms with E-state index >= 15 is 0 Å². The number of hydrogen-bond donors (Lipinski definition) is 0. The van der Waals surface area contributed by atoms with Crippen LogP contribution in [0.25, 0.3) is 0 Å². The summed E-state index contributed by atoms with van der Waals surface area (Å²) in [5.74, 6) is 0. The largest absolute Gasteiger partial charge is 0.296 e. The Morgan fingerprint density at radius 3 is 3.07 bits per heavy atom. The van der Waals surface area contributed by atoms with Crippen molar-refractivity contribution in [3.63, 3.8) is 0 Å². The van der Waals surface area contributed by atoms with E-state index in [9.17, 15) is 0 Å². The summed E-state index contributed by atoms with van der Waals surface area (Å²) in [6.45, 7) is 4.78. The molecule has 0 aliphatic carbocycles. The molecule has 84 valence electrons. The highest BCUT2D eigenvalue weighted by molar-refractivity contribution is 9.10. The fourth-order valence-corrected chi connectivity index (χ4v) is 3.68. The average Bonchev–Trinajstić information content (AvgIpc) is 2.50. The zero-order chi connectivity index (χ0) is 10.7. The molecular formula is C12H18BrNS. The van der Waals surface area contributed by atoms with E-state index in [4.69, 9.17) is 0 Å². The van der Waals surface area contributed by atoms with E-state index in [2.05, 4.69) is 39.2 Å². The summed E-state index contributed by atoms with van der Waals surface area (Å²) in [5, 5.41) is 2.18. The van der Waals surface area contributed by atoms with E-state index in [1.165, 1.54) is 41.6 Å². The molecule has 0 saturated carbocycles. The second-order valence-corrected chi connectivity index (χ2v) is 6.31. The molecule has 2 rings (SSSR count). The Morgan fingerprint density at radius 1 is 1.47 bits per heavy atom. The van der Waals surface area contributed by atoms with Crippen molar-refractivity contribution in [2.75, 3.05) is 6.54 Å². The highest BCUT2D eigenvalue weighted by Gasteiger charge is 2.17. The molecule has 0 spiro atoms. The molecule has 0 bridgehead atoms. The fourth-order valence-electron chi connectivity index (χ4n) is 2.21. The molecule has 1 saturated heterocycles. The first-order valence-electron chi connectivity index (χ1n) is 5.72. The molecule has 15 heavy (non-hydrogen) atoms. The summed E-state index contributed by atoms with van der Waals surface area (Å²) in [4.78, 5) is 4.11. The molecule has 1 nitrogen and oxygen atoms in total. The molecule has 0 radical (unpaired) electrons. The number of rotatable bonds is 2. The third-order valence-corrected chi connectivity index (χ3v) is 4.85. The van der Waals surface area contributed by atoms with Crippen molar-refractivity contribution in [1.29, 1.82) is 0 Å². The van der Waals surface area contributed by atoms with Crippen molar-refractivity contribution in [2.24, 2.45) is 0 Å². The molecule has 1 aromatic heterocycles. The van der Waals surface area contributed by atoms with Crippen molar-refractivity contribution >= 4 is 27.3 Å². The summed E-state index contributed by atoms with van der Waals surface area (Å²) in [6, 6.07) is 3.01. The summed E-state index contributed by atoms with van der Waals surface area (Å²) < 4.78 is 1.23. The quantitative estimate of drug-likeness (QED) is 0.785. The minimum atomic E-state index is 0.758. The monoisotopic (exact) mass is 287 g/mol. The Balaban J connectivity index is 1.97. The van der Waals surface area contributed by atoms with Gasteiger partial charge in [-0.05, 0) is 48.3 Å². The first-order chi connectivity index (χ1) is 7.25. The number of likely N-dealkylation sites (tertiary alicyclic amines) is 1. The van der Waals surface area contributed by atoms with E-state index in [-0.39, 0.29) is 0 Å². The zero-order valence-electron chi connectivity index (χ0n) is 9.21. The SMILES string of the molecule is CC1CCCCCN1Cc1cc(Br)cs1. The standard InChI is InChI=1S/C12H18BrNS/c1-10-5-3-2-4-6-14(10)8-12-7-11(13)9-15-12/h7,9-10H,2-6,8H2,1H3. The van der Waals surface area contributed by atoms with Gasteiger partial charge < -0.3 is 0 Å². The van der Waals surface area contributed by atoms with Crippen LogP contribution in [0.5, 0.6) is 0 Å². The van der Waals surface area contributed by atoms with Crippen LogP contribution in [-0.2, 0) is 6.54 Å². The highest BCUT2D eigenvalue weighted by Crippen LogP contribution is 2.24. The van der Waals surface area contributed by atoms with Gasteiger partial charge in [-0.3, -0.25) is 4.90 Å². The second kappa shape index (κ2) is 5.46. The maximum Gasteiger partial charge on any atom is 0.0331 e. The summed E-state index contributed by atoms with van der Waals surface area (Å²) in [5.41, 5.74) is 0. The third-order valence-electron chi connectivity index (χ3n) is 3.17. The fraction of sp³-hybridized carbons (Fsp3) is 0.667. The molecule has 3 heteroatoms. The zero-order valence-corrected chi connectivity index (χ0v) is 11.6. The van der Waals surface area contributed by atoms with Gasteiger partial charge in [0.2, 0.25) is 0 Å². The normalized spacial score (nSPS) is 24.0. The minimum Gasteiger partial charge on any atom is -0.296 e. The maximum atomic E-state index is 3.52. The second-order valence-electron chi connectivity index (χ2n) is 4.40. The van der Waals surface area contributed by atoms with Crippen molar-refractivity contribution in [3.05, 3.63) is 20.8 Å². The van der Waals surface area contributed by atoms with Crippen molar-refractivity contribution in [2.45, 2.75) is 45.2 Å². The number of nitrogens with zero attached hydrogens (tertiary/aromatic N) is 1. The molecular weight excluding hydrogens is 270 g/mol. The number of halogens is 1. The predicted molar refractivity (Wildman–Crippen MR) is 70.4 cm³/mol. The molecule has 1 aliphatic rings.